The lowest BCUT2D eigenvalue weighted by Crippen LogP contribution is -2.47. The highest BCUT2D eigenvalue weighted by Crippen LogP contribution is 2.28. The standard InChI is InChI=1S/C12H23NO4/c1-16-7-8-6-10(12(15)11(8)14)13-9-2-4-17-5-3-9/h8-15H,2-7H2,1H3/t8-,10-,11-,12+/m1/s1. The maximum atomic E-state index is 9.99. The maximum Gasteiger partial charge on any atom is 0.0955 e. The molecule has 0 unspecified atom stereocenters. The van der Waals surface area contributed by atoms with Gasteiger partial charge in [-0.3, -0.25) is 0 Å². The Morgan fingerprint density at radius 2 is 1.94 bits per heavy atom. The molecule has 1 aliphatic carbocycles. The monoisotopic (exact) mass is 245 g/mol. The van der Waals surface area contributed by atoms with Crippen LogP contribution in [0.25, 0.3) is 0 Å². The summed E-state index contributed by atoms with van der Waals surface area (Å²) < 4.78 is 10.4. The number of hydrogen-bond donors (Lipinski definition) is 3. The normalized spacial score (nSPS) is 39.7. The molecule has 1 saturated carbocycles. The van der Waals surface area contributed by atoms with Gasteiger partial charge in [-0.2, -0.15) is 0 Å². The molecular weight excluding hydrogens is 222 g/mol. The molecule has 4 atom stereocenters. The van der Waals surface area contributed by atoms with Crippen LogP contribution in [-0.2, 0) is 9.47 Å². The van der Waals surface area contributed by atoms with E-state index < -0.39 is 12.2 Å². The fourth-order valence-electron chi connectivity index (χ4n) is 2.84. The SMILES string of the molecule is COC[C@H]1C[C@@H](NC2CCOCC2)[C@H](O)[C@@H]1O. The Bertz CT molecular complexity index is 233. The van der Waals surface area contributed by atoms with Crippen LogP contribution in [0.4, 0.5) is 0 Å². The van der Waals surface area contributed by atoms with E-state index in [0.717, 1.165) is 32.5 Å². The van der Waals surface area contributed by atoms with E-state index in [-0.39, 0.29) is 12.0 Å². The first-order chi connectivity index (χ1) is 8.22. The number of aliphatic hydroxyl groups is 2. The van der Waals surface area contributed by atoms with Crippen molar-refractivity contribution in [3.63, 3.8) is 0 Å². The zero-order valence-corrected chi connectivity index (χ0v) is 10.3. The van der Waals surface area contributed by atoms with E-state index >= 15 is 0 Å². The first-order valence-corrected chi connectivity index (χ1v) is 6.41. The number of nitrogens with one attached hydrogen (secondary N) is 1. The van der Waals surface area contributed by atoms with Crippen LogP contribution < -0.4 is 5.32 Å². The molecule has 0 amide bonds. The zero-order valence-electron chi connectivity index (χ0n) is 10.3. The maximum absolute atomic E-state index is 9.99. The molecule has 5 heteroatoms. The van der Waals surface area contributed by atoms with Gasteiger partial charge in [-0.05, 0) is 19.3 Å². The van der Waals surface area contributed by atoms with Crippen molar-refractivity contribution in [3.8, 4) is 0 Å². The molecule has 2 aliphatic rings. The fraction of sp³-hybridized carbons (Fsp3) is 1.00. The molecule has 1 saturated heterocycles. The summed E-state index contributed by atoms with van der Waals surface area (Å²) in [4.78, 5) is 0. The van der Waals surface area contributed by atoms with Gasteiger partial charge in [-0.15, -0.1) is 0 Å². The second kappa shape index (κ2) is 6.11. The Kier molecular flexibility index (Phi) is 4.76. The zero-order chi connectivity index (χ0) is 12.3. The molecular formula is C12H23NO4. The van der Waals surface area contributed by atoms with Gasteiger partial charge in [-0.25, -0.2) is 0 Å². The topological polar surface area (TPSA) is 71.0 Å². The van der Waals surface area contributed by atoms with Crippen LogP contribution in [0.15, 0.2) is 0 Å². The van der Waals surface area contributed by atoms with Gasteiger partial charge in [0.1, 0.15) is 0 Å². The first-order valence-electron chi connectivity index (χ1n) is 6.41. The lowest BCUT2D eigenvalue weighted by Gasteiger charge is -2.28. The van der Waals surface area contributed by atoms with Gasteiger partial charge >= 0.3 is 0 Å². The van der Waals surface area contributed by atoms with Crippen molar-refractivity contribution in [1.29, 1.82) is 0 Å². The number of rotatable bonds is 4. The highest BCUT2D eigenvalue weighted by Gasteiger charge is 2.41. The summed E-state index contributed by atoms with van der Waals surface area (Å²) >= 11 is 0. The van der Waals surface area contributed by atoms with Crippen LogP contribution in [0.2, 0.25) is 0 Å². The summed E-state index contributed by atoms with van der Waals surface area (Å²) in [6, 6.07) is 0.380. The minimum Gasteiger partial charge on any atom is -0.390 e. The minimum atomic E-state index is -0.682. The van der Waals surface area contributed by atoms with Crippen LogP contribution >= 0.6 is 0 Å². The van der Waals surface area contributed by atoms with Crippen molar-refractivity contribution in [2.45, 2.75) is 43.6 Å². The number of ether oxygens (including phenoxy) is 2. The second-order valence-electron chi connectivity index (χ2n) is 5.09. The van der Waals surface area contributed by atoms with Gasteiger partial charge in [0.2, 0.25) is 0 Å². The van der Waals surface area contributed by atoms with E-state index in [0.29, 0.717) is 12.6 Å². The Balaban J connectivity index is 1.84. The highest BCUT2D eigenvalue weighted by molar-refractivity contribution is 4.96. The average molecular weight is 245 g/mol. The van der Waals surface area contributed by atoms with Crippen molar-refractivity contribution in [3.05, 3.63) is 0 Å². The summed E-state index contributed by atoms with van der Waals surface area (Å²) in [5, 5.41) is 23.3. The van der Waals surface area contributed by atoms with E-state index in [1.807, 2.05) is 0 Å². The van der Waals surface area contributed by atoms with Gasteiger partial charge in [0.15, 0.2) is 0 Å². The Hall–Kier alpha value is -0.200. The van der Waals surface area contributed by atoms with Gasteiger partial charge in [0.05, 0.1) is 18.8 Å². The third-order valence-corrected chi connectivity index (χ3v) is 3.85. The minimum absolute atomic E-state index is 0.0201. The molecule has 0 aromatic carbocycles. The Morgan fingerprint density at radius 1 is 1.24 bits per heavy atom. The predicted molar refractivity (Wildman–Crippen MR) is 62.8 cm³/mol. The van der Waals surface area contributed by atoms with Gasteiger partial charge in [-0.1, -0.05) is 0 Å². The van der Waals surface area contributed by atoms with Crippen molar-refractivity contribution in [1.82, 2.24) is 5.32 Å². The van der Waals surface area contributed by atoms with Gasteiger partial charge in [0, 0.05) is 38.3 Å². The summed E-state index contributed by atoms with van der Waals surface area (Å²) in [7, 11) is 1.62. The summed E-state index contributed by atoms with van der Waals surface area (Å²) in [5.41, 5.74) is 0. The quantitative estimate of drug-likeness (QED) is 0.623. The molecule has 5 nitrogen and oxygen atoms in total. The van der Waals surface area contributed by atoms with Crippen molar-refractivity contribution in [2.24, 2.45) is 5.92 Å². The molecule has 0 aromatic rings. The number of methoxy groups -OCH3 is 1. The van der Waals surface area contributed by atoms with E-state index in [2.05, 4.69) is 5.32 Å². The van der Waals surface area contributed by atoms with E-state index in [4.69, 9.17) is 9.47 Å². The third kappa shape index (κ3) is 3.17. The average Bonchev–Trinajstić information content (AvgIpc) is 2.60. The Morgan fingerprint density at radius 3 is 2.59 bits per heavy atom. The molecule has 0 radical (unpaired) electrons. The van der Waals surface area contributed by atoms with E-state index in [1.54, 1.807) is 7.11 Å². The molecule has 0 aromatic heterocycles. The highest BCUT2D eigenvalue weighted by atomic mass is 16.5. The molecule has 100 valence electrons. The number of hydrogen-bond acceptors (Lipinski definition) is 5. The van der Waals surface area contributed by atoms with Crippen LogP contribution in [0.5, 0.6) is 0 Å². The molecule has 3 N–H and O–H groups in total. The second-order valence-corrected chi connectivity index (χ2v) is 5.09. The van der Waals surface area contributed by atoms with Gasteiger partial charge < -0.3 is 25.0 Å². The lowest BCUT2D eigenvalue weighted by atomic mass is 10.1. The molecule has 0 spiro atoms. The van der Waals surface area contributed by atoms with Crippen molar-refractivity contribution < 1.29 is 19.7 Å². The van der Waals surface area contributed by atoms with Crippen LogP contribution in [0.3, 0.4) is 0 Å². The molecule has 0 bridgehead atoms. The summed E-state index contributed by atoms with van der Waals surface area (Å²) in [6.07, 6.45) is 1.38. The van der Waals surface area contributed by atoms with Crippen molar-refractivity contribution in [2.75, 3.05) is 26.9 Å². The summed E-state index contributed by atoms with van der Waals surface area (Å²) in [5.74, 6) is 0.0346. The molecule has 1 heterocycles. The fourth-order valence-corrected chi connectivity index (χ4v) is 2.84. The van der Waals surface area contributed by atoms with Crippen LogP contribution in [0, 0.1) is 5.92 Å². The summed E-state index contributed by atoms with van der Waals surface area (Å²) in [6.45, 7) is 2.07. The molecule has 17 heavy (non-hydrogen) atoms. The van der Waals surface area contributed by atoms with E-state index in [9.17, 15) is 10.2 Å². The number of aliphatic hydroxyl groups excluding tert-OH is 2. The lowest BCUT2D eigenvalue weighted by molar-refractivity contribution is -0.00871. The van der Waals surface area contributed by atoms with E-state index in [1.165, 1.54) is 0 Å². The van der Waals surface area contributed by atoms with Crippen molar-refractivity contribution >= 4 is 0 Å². The smallest absolute Gasteiger partial charge is 0.0955 e. The predicted octanol–water partition coefficient (Wildman–Crippen LogP) is -0.488. The molecule has 2 rings (SSSR count). The molecule has 1 aliphatic heterocycles. The third-order valence-electron chi connectivity index (χ3n) is 3.85. The first kappa shape index (κ1) is 13.2. The molecule has 2 fully saturated rings. The van der Waals surface area contributed by atoms with Crippen LogP contribution in [0.1, 0.15) is 19.3 Å². The largest absolute Gasteiger partial charge is 0.390 e. The Labute approximate surface area is 102 Å². The van der Waals surface area contributed by atoms with Crippen LogP contribution in [-0.4, -0.2) is 61.4 Å². The van der Waals surface area contributed by atoms with Gasteiger partial charge in [0.25, 0.3) is 0 Å².